The highest BCUT2D eigenvalue weighted by atomic mass is 35.6. The first kappa shape index (κ1) is 20.7. The molecule has 1 aromatic rings. The SMILES string of the molecule is CCN(C(=O)Nc1ccccc1C(F)(F)F)C(OC=O)C(Cl)(Cl)Cl. The van der Waals surface area contributed by atoms with Crippen LogP contribution < -0.4 is 5.32 Å². The van der Waals surface area contributed by atoms with Crippen LogP contribution in [0.25, 0.3) is 0 Å². The number of halogens is 6. The van der Waals surface area contributed by atoms with Crippen molar-refractivity contribution in [1.29, 1.82) is 0 Å². The summed E-state index contributed by atoms with van der Waals surface area (Å²) in [6.07, 6.45) is -6.29. The molecule has 0 aliphatic rings. The van der Waals surface area contributed by atoms with Gasteiger partial charge in [-0.05, 0) is 19.1 Å². The predicted octanol–water partition coefficient (Wildman–Crippen LogP) is 4.43. The van der Waals surface area contributed by atoms with Crippen molar-refractivity contribution in [2.75, 3.05) is 11.9 Å². The van der Waals surface area contributed by atoms with Gasteiger partial charge in [0.2, 0.25) is 10.0 Å². The van der Waals surface area contributed by atoms with E-state index in [2.05, 4.69) is 10.1 Å². The second-order valence-electron chi connectivity index (χ2n) is 4.39. The van der Waals surface area contributed by atoms with Crippen molar-refractivity contribution in [2.45, 2.75) is 23.1 Å². The Hall–Kier alpha value is -1.38. The van der Waals surface area contributed by atoms with Gasteiger partial charge in [0.15, 0.2) is 0 Å². The third-order valence-corrected chi connectivity index (χ3v) is 3.38. The number of carbonyl (C=O) groups is 2. The topological polar surface area (TPSA) is 58.6 Å². The average molecular weight is 408 g/mol. The quantitative estimate of drug-likeness (QED) is 0.446. The zero-order valence-corrected chi connectivity index (χ0v) is 14.4. The van der Waals surface area contributed by atoms with Gasteiger partial charge in [0.25, 0.3) is 6.47 Å². The van der Waals surface area contributed by atoms with Gasteiger partial charge >= 0.3 is 12.2 Å². The van der Waals surface area contributed by atoms with E-state index in [9.17, 15) is 22.8 Å². The number of rotatable bonds is 5. The Bertz CT molecular complexity index is 594. The number of anilines is 1. The Morgan fingerprint density at radius 3 is 2.38 bits per heavy atom. The van der Waals surface area contributed by atoms with E-state index in [0.717, 1.165) is 17.0 Å². The molecule has 1 unspecified atom stereocenters. The fourth-order valence-electron chi connectivity index (χ4n) is 1.82. The molecule has 0 aromatic heterocycles. The molecule has 0 saturated heterocycles. The highest BCUT2D eigenvalue weighted by molar-refractivity contribution is 6.68. The van der Waals surface area contributed by atoms with Crippen LogP contribution in [-0.4, -0.2) is 34.0 Å². The van der Waals surface area contributed by atoms with Gasteiger partial charge in [0, 0.05) is 6.54 Å². The van der Waals surface area contributed by atoms with Crippen LogP contribution in [0.15, 0.2) is 24.3 Å². The number of para-hydroxylation sites is 1. The molecule has 134 valence electrons. The van der Waals surface area contributed by atoms with E-state index in [0.29, 0.717) is 0 Å². The zero-order chi connectivity index (χ0) is 18.5. The van der Waals surface area contributed by atoms with Crippen molar-refractivity contribution in [1.82, 2.24) is 4.90 Å². The Labute approximate surface area is 150 Å². The number of nitrogens with zero attached hydrogens (tertiary/aromatic N) is 1. The number of hydrogen-bond acceptors (Lipinski definition) is 3. The molecule has 1 atom stereocenters. The Morgan fingerprint density at radius 1 is 1.33 bits per heavy atom. The number of amides is 2. The van der Waals surface area contributed by atoms with Crippen molar-refractivity contribution >= 4 is 53.0 Å². The fraction of sp³-hybridized carbons (Fsp3) is 0.385. The van der Waals surface area contributed by atoms with E-state index < -0.39 is 33.5 Å². The largest absolute Gasteiger partial charge is 0.439 e. The highest BCUT2D eigenvalue weighted by Crippen LogP contribution is 2.36. The fourth-order valence-corrected chi connectivity index (χ4v) is 2.33. The van der Waals surface area contributed by atoms with Gasteiger partial charge in [-0.25, -0.2) is 4.79 Å². The molecule has 0 aliphatic heterocycles. The third-order valence-electron chi connectivity index (χ3n) is 2.82. The summed E-state index contributed by atoms with van der Waals surface area (Å²) >= 11 is 16.9. The second-order valence-corrected chi connectivity index (χ2v) is 6.75. The molecule has 0 heterocycles. The van der Waals surface area contributed by atoms with Gasteiger partial charge in [-0.1, -0.05) is 46.9 Å². The van der Waals surface area contributed by atoms with Crippen LogP contribution in [0, 0.1) is 0 Å². The first-order chi connectivity index (χ1) is 11.0. The molecule has 1 aromatic carbocycles. The van der Waals surface area contributed by atoms with E-state index in [1.165, 1.54) is 19.1 Å². The summed E-state index contributed by atoms with van der Waals surface area (Å²) in [4.78, 5) is 23.6. The molecule has 0 saturated carbocycles. The van der Waals surface area contributed by atoms with Crippen LogP contribution in [0.4, 0.5) is 23.7 Å². The first-order valence-corrected chi connectivity index (χ1v) is 7.55. The monoisotopic (exact) mass is 406 g/mol. The van der Waals surface area contributed by atoms with Crippen LogP contribution >= 0.6 is 34.8 Å². The number of hydrogen-bond donors (Lipinski definition) is 1. The molecule has 5 nitrogen and oxygen atoms in total. The lowest BCUT2D eigenvalue weighted by Crippen LogP contribution is -2.50. The molecule has 11 heteroatoms. The second kappa shape index (κ2) is 8.13. The number of nitrogens with one attached hydrogen (secondary N) is 1. The zero-order valence-electron chi connectivity index (χ0n) is 12.1. The van der Waals surface area contributed by atoms with Crippen LogP contribution in [0.3, 0.4) is 0 Å². The van der Waals surface area contributed by atoms with Crippen molar-refractivity contribution in [3.05, 3.63) is 29.8 Å². The molecule has 0 bridgehead atoms. The summed E-state index contributed by atoms with van der Waals surface area (Å²) in [6.45, 7) is 1.32. The smallest absolute Gasteiger partial charge is 0.418 e. The van der Waals surface area contributed by atoms with E-state index in [-0.39, 0.29) is 13.0 Å². The summed E-state index contributed by atoms with van der Waals surface area (Å²) in [5, 5.41) is 2.07. The summed E-state index contributed by atoms with van der Waals surface area (Å²) < 4.78 is 41.2. The molecule has 0 radical (unpaired) electrons. The number of ether oxygens (including phenoxy) is 1. The number of urea groups is 1. The Morgan fingerprint density at radius 2 is 1.92 bits per heavy atom. The summed E-state index contributed by atoms with van der Waals surface area (Å²) in [5.41, 5.74) is -1.53. The van der Waals surface area contributed by atoms with Crippen molar-refractivity contribution in [2.24, 2.45) is 0 Å². The van der Waals surface area contributed by atoms with E-state index in [4.69, 9.17) is 34.8 Å². The van der Waals surface area contributed by atoms with Crippen molar-refractivity contribution in [3.63, 3.8) is 0 Å². The lowest BCUT2D eigenvalue weighted by atomic mass is 10.1. The maximum absolute atomic E-state index is 13.0. The molecule has 0 fully saturated rings. The summed E-state index contributed by atoms with van der Waals surface area (Å²) in [5.74, 6) is 0. The van der Waals surface area contributed by atoms with E-state index >= 15 is 0 Å². The lowest BCUT2D eigenvalue weighted by Gasteiger charge is -2.33. The van der Waals surface area contributed by atoms with E-state index in [1.807, 2.05) is 0 Å². The normalized spacial score (nSPS) is 13.1. The summed E-state index contributed by atoms with van der Waals surface area (Å²) in [6, 6.07) is 3.33. The molecule has 0 spiro atoms. The van der Waals surface area contributed by atoms with Crippen molar-refractivity contribution in [3.8, 4) is 0 Å². The minimum absolute atomic E-state index is 0.0356. The minimum Gasteiger partial charge on any atom is -0.439 e. The highest BCUT2D eigenvalue weighted by Gasteiger charge is 2.41. The molecular weight excluding hydrogens is 396 g/mol. The van der Waals surface area contributed by atoms with Crippen LogP contribution in [-0.2, 0) is 15.7 Å². The van der Waals surface area contributed by atoms with Gasteiger partial charge in [-0.2, -0.15) is 13.2 Å². The average Bonchev–Trinajstić information content (AvgIpc) is 2.45. The van der Waals surface area contributed by atoms with Crippen LogP contribution in [0.2, 0.25) is 0 Å². The minimum atomic E-state index is -4.67. The van der Waals surface area contributed by atoms with Gasteiger partial charge < -0.3 is 10.1 Å². The molecule has 24 heavy (non-hydrogen) atoms. The maximum atomic E-state index is 13.0. The molecule has 1 N–H and O–H groups in total. The van der Waals surface area contributed by atoms with E-state index in [1.54, 1.807) is 0 Å². The van der Waals surface area contributed by atoms with Gasteiger partial charge in [0.05, 0.1) is 11.3 Å². The number of benzene rings is 1. The first-order valence-electron chi connectivity index (χ1n) is 6.42. The number of alkyl halides is 6. The summed E-state index contributed by atoms with van der Waals surface area (Å²) in [7, 11) is 0. The molecule has 1 rings (SSSR count). The third kappa shape index (κ3) is 5.32. The number of carbonyl (C=O) groups excluding carboxylic acids is 2. The molecular formula is C13H12Cl3F3N2O3. The molecule has 2 amide bonds. The maximum Gasteiger partial charge on any atom is 0.418 e. The lowest BCUT2D eigenvalue weighted by molar-refractivity contribution is -0.140. The predicted molar refractivity (Wildman–Crippen MR) is 84.1 cm³/mol. The Balaban J connectivity index is 3.10. The van der Waals surface area contributed by atoms with Gasteiger partial charge in [0.1, 0.15) is 0 Å². The standard InChI is InChI=1S/C13H12Cl3F3N2O3/c1-2-21(10(24-7-22)12(14,15)16)11(23)20-9-6-4-3-5-8(9)13(17,18)19/h3-7,10H,2H2,1H3,(H,20,23). The van der Waals surface area contributed by atoms with Gasteiger partial charge in [-0.15, -0.1) is 0 Å². The van der Waals surface area contributed by atoms with Crippen LogP contribution in [0.5, 0.6) is 0 Å². The van der Waals surface area contributed by atoms with Crippen molar-refractivity contribution < 1.29 is 27.5 Å². The molecule has 0 aliphatic carbocycles. The Kier molecular flexibility index (Phi) is 7.00. The van der Waals surface area contributed by atoms with Gasteiger partial charge in [-0.3, -0.25) is 9.69 Å². The van der Waals surface area contributed by atoms with Crippen LogP contribution in [0.1, 0.15) is 12.5 Å².